The van der Waals surface area contributed by atoms with E-state index in [0.717, 1.165) is 15.5 Å². The van der Waals surface area contributed by atoms with Gasteiger partial charge in [-0.3, -0.25) is 0 Å². The molecular weight excluding hydrogens is 324 g/mol. The molecule has 0 radical (unpaired) electrons. The minimum absolute atomic E-state index is 0.187. The summed E-state index contributed by atoms with van der Waals surface area (Å²) in [6.45, 7) is 4.02. The number of phenolic OH excluding ortho intramolecular Hbond substituents is 1. The molecule has 0 aliphatic carbocycles. The summed E-state index contributed by atoms with van der Waals surface area (Å²) in [5.41, 5.74) is 0. The quantitative estimate of drug-likeness (QED) is 0.841. The molecule has 0 aliphatic heterocycles. The lowest BCUT2D eigenvalue weighted by atomic mass is 10.3. The molecular formula is C15H15BrO2S. The van der Waals surface area contributed by atoms with Gasteiger partial charge in [0, 0.05) is 9.79 Å². The minimum Gasteiger partial charge on any atom is -0.507 e. The van der Waals surface area contributed by atoms with Crippen molar-refractivity contribution in [1.82, 2.24) is 0 Å². The Kier molecular flexibility index (Phi) is 4.77. The Morgan fingerprint density at radius 2 is 1.68 bits per heavy atom. The van der Waals surface area contributed by atoms with Crippen LogP contribution in [0.25, 0.3) is 0 Å². The Balaban J connectivity index is 2.08. The summed E-state index contributed by atoms with van der Waals surface area (Å²) in [5.74, 6) is 1.14. The molecule has 1 N–H and O–H groups in total. The predicted molar refractivity (Wildman–Crippen MR) is 82.1 cm³/mol. The van der Waals surface area contributed by atoms with Crippen molar-refractivity contribution in [3.8, 4) is 11.5 Å². The van der Waals surface area contributed by atoms with Gasteiger partial charge in [0.2, 0.25) is 0 Å². The summed E-state index contributed by atoms with van der Waals surface area (Å²) in [6, 6.07) is 13.5. The molecule has 0 spiro atoms. The zero-order valence-corrected chi connectivity index (χ0v) is 13.2. The molecule has 0 aliphatic rings. The molecule has 100 valence electrons. The van der Waals surface area contributed by atoms with Gasteiger partial charge >= 0.3 is 0 Å². The fraction of sp³-hybridized carbons (Fsp3) is 0.200. The van der Waals surface area contributed by atoms with Gasteiger partial charge < -0.3 is 9.84 Å². The predicted octanol–water partition coefficient (Wildman–Crippen LogP) is 5.09. The lowest BCUT2D eigenvalue weighted by molar-refractivity contribution is 0.242. The van der Waals surface area contributed by atoms with E-state index in [4.69, 9.17) is 4.74 Å². The van der Waals surface area contributed by atoms with Crippen LogP contribution in [0.2, 0.25) is 0 Å². The summed E-state index contributed by atoms with van der Waals surface area (Å²) >= 11 is 4.96. The molecule has 0 saturated carbocycles. The first-order chi connectivity index (χ1) is 9.04. The molecule has 0 amide bonds. The van der Waals surface area contributed by atoms with Crippen LogP contribution in [0.4, 0.5) is 0 Å². The van der Waals surface area contributed by atoms with Gasteiger partial charge in [-0.05, 0) is 72.2 Å². The zero-order valence-electron chi connectivity index (χ0n) is 10.8. The summed E-state index contributed by atoms with van der Waals surface area (Å²) in [5, 5.41) is 9.46. The second-order valence-corrected chi connectivity index (χ2v) is 6.35. The van der Waals surface area contributed by atoms with Gasteiger partial charge in [0.05, 0.1) is 10.6 Å². The molecule has 0 aromatic heterocycles. The van der Waals surface area contributed by atoms with E-state index in [9.17, 15) is 5.11 Å². The fourth-order valence-corrected chi connectivity index (χ4v) is 2.93. The molecule has 0 unspecified atom stereocenters. The van der Waals surface area contributed by atoms with Crippen LogP contribution in [0.1, 0.15) is 13.8 Å². The van der Waals surface area contributed by atoms with E-state index in [1.807, 2.05) is 50.2 Å². The lowest BCUT2D eigenvalue weighted by Gasteiger charge is -2.10. The number of hydrogen-bond donors (Lipinski definition) is 1. The van der Waals surface area contributed by atoms with Crippen molar-refractivity contribution in [1.29, 1.82) is 0 Å². The van der Waals surface area contributed by atoms with E-state index >= 15 is 0 Å². The van der Waals surface area contributed by atoms with Crippen LogP contribution < -0.4 is 4.74 Å². The third-order valence-corrected chi connectivity index (χ3v) is 3.98. The Morgan fingerprint density at radius 1 is 1.05 bits per heavy atom. The average Bonchev–Trinajstić information content (AvgIpc) is 2.36. The standard InChI is InChI=1S/C15H15BrO2S/c1-10(2)18-11-3-5-12(6-4-11)19-13-7-8-15(17)14(16)9-13/h3-10,17H,1-2H3. The van der Waals surface area contributed by atoms with Crippen LogP contribution in [0.3, 0.4) is 0 Å². The number of phenols is 1. The number of rotatable bonds is 4. The Labute approximate surface area is 125 Å². The van der Waals surface area contributed by atoms with Crippen molar-refractivity contribution in [3.63, 3.8) is 0 Å². The van der Waals surface area contributed by atoms with Crippen molar-refractivity contribution < 1.29 is 9.84 Å². The summed E-state index contributed by atoms with van der Waals surface area (Å²) in [6.07, 6.45) is 0.187. The summed E-state index contributed by atoms with van der Waals surface area (Å²) in [7, 11) is 0. The van der Waals surface area contributed by atoms with Crippen molar-refractivity contribution in [2.75, 3.05) is 0 Å². The normalized spacial score (nSPS) is 10.7. The maximum absolute atomic E-state index is 9.46. The number of benzene rings is 2. The van der Waals surface area contributed by atoms with Crippen LogP contribution in [0, 0.1) is 0 Å². The number of ether oxygens (including phenoxy) is 1. The average molecular weight is 339 g/mol. The first kappa shape index (κ1) is 14.3. The molecule has 19 heavy (non-hydrogen) atoms. The maximum atomic E-state index is 9.46. The molecule has 0 bridgehead atoms. The summed E-state index contributed by atoms with van der Waals surface area (Å²) in [4.78, 5) is 2.20. The molecule has 2 aromatic rings. The first-order valence-electron chi connectivity index (χ1n) is 5.97. The van der Waals surface area contributed by atoms with Gasteiger partial charge in [0.15, 0.2) is 0 Å². The van der Waals surface area contributed by atoms with Crippen LogP contribution in [-0.4, -0.2) is 11.2 Å². The number of aromatic hydroxyl groups is 1. The minimum atomic E-state index is 0.187. The van der Waals surface area contributed by atoms with Crippen LogP contribution in [-0.2, 0) is 0 Å². The van der Waals surface area contributed by atoms with Gasteiger partial charge in [-0.1, -0.05) is 11.8 Å². The topological polar surface area (TPSA) is 29.5 Å². The Bertz CT molecular complexity index is 553. The fourth-order valence-electron chi connectivity index (χ4n) is 1.55. The third-order valence-electron chi connectivity index (χ3n) is 2.35. The van der Waals surface area contributed by atoms with Gasteiger partial charge in [0.25, 0.3) is 0 Å². The largest absolute Gasteiger partial charge is 0.507 e. The molecule has 0 heterocycles. The van der Waals surface area contributed by atoms with E-state index in [2.05, 4.69) is 15.9 Å². The lowest BCUT2D eigenvalue weighted by Crippen LogP contribution is -2.04. The molecule has 2 nitrogen and oxygen atoms in total. The van der Waals surface area contributed by atoms with Crippen molar-refractivity contribution in [2.24, 2.45) is 0 Å². The smallest absolute Gasteiger partial charge is 0.129 e. The van der Waals surface area contributed by atoms with Gasteiger partial charge in [-0.15, -0.1) is 0 Å². The highest BCUT2D eigenvalue weighted by molar-refractivity contribution is 9.10. The Hall–Kier alpha value is -1.13. The first-order valence-corrected chi connectivity index (χ1v) is 7.58. The molecule has 2 aromatic carbocycles. The molecule has 4 heteroatoms. The maximum Gasteiger partial charge on any atom is 0.129 e. The van der Waals surface area contributed by atoms with E-state index < -0.39 is 0 Å². The summed E-state index contributed by atoms with van der Waals surface area (Å²) < 4.78 is 6.31. The van der Waals surface area contributed by atoms with E-state index in [-0.39, 0.29) is 11.9 Å². The second-order valence-electron chi connectivity index (χ2n) is 4.35. The van der Waals surface area contributed by atoms with Crippen molar-refractivity contribution in [2.45, 2.75) is 29.7 Å². The second kappa shape index (κ2) is 6.35. The number of hydrogen-bond acceptors (Lipinski definition) is 3. The highest BCUT2D eigenvalue weighted by Crippen LogP contribution is 2.33. The molecule has 0 saturated heterocycles. The van der Waals surface area contributed by atoms with Crippen LogP contribution in [0.15, 0.2) is 56.7 Å². The SMILES string of the molecule is CC(C)Oc1ccc(Sc2ccc(O)c(Br)c2)cc1. The number of halogens is 1. The monoisotopic (exact) mass is 338 g/mol. The zero-order chi connectivity index (χ0) is 13.8. The van der Waals surface area contributed by atoms with Crippen molar-refractivity contribution >= 4 is 27.7 Å². The van der Waals surface area contributed by atoms with Crippen molar-refractivity contribution in [3.05, 3.63) is 46.9 Å². The molecule has 0 atom stereocenters. The van der Waals surface area contributed by atoms with Gasteiger partial charge in [0.1, 0.15) is 11.5 Å². The third kappa shape index (κ3) is 4.18. The van der Waals surface area contributed by atoms with E-state index in [0.29, 0.717) is 4.47 Å². The van der Waals surface area contributed by atoms with E-state index in [1.54, 1.807) is 17.8 Å². The van der Waals surface area contributed by atoms with Gasteiger partial charge in [-0.2, -0.15) is 0 Å². The molecule has 0 fully saturated rings. The van der Waals surface area contributed by atoms with E-state index in [1.165, 1.54) is 0 Å². The highest BCUT2D eigenvalue weighted by Gasteiger charge is 2.03. The van der Waals surface area contributed by atoms with Crippen LogP contribution in [0.5, 0.6) is 11.5 Å². The van der Waals surface area contributed by atoms with Crippen LogP contribution >= 0.6 is 27.7 Å². The Morgan fingerprint density at radius 3 is 2.26 bits per heavy atom. The molecule has 2 rings (SSSR count). The highest BCUT2D eigenvalue weighted by atomic mass is 79.9. The van der Waals surface area contributed by atoms with Gasteiger partial charge in [-0.25, -0.2) is 0 Å².